The Kier molecular flexibility index (Phi) is 7.57. The van der Waals surface area contributed by atoms with E-state index in [0.717, 1.165) is 23.4 Å². The summed E-state index contributed by atoms with van der Waals surface area (Å²) in [5.74, 6) is 1.04. The normalized spacial score (nSPS) is 12.2. The third kappa shape index (κ3) is 5.04. The standard InChI is InChI=1S/C19H21ClN2O3.ClH/c1-2-21-12-14-5-3-4-6-16(14)22-18(23)11-13-9-15(20)19-17(10-13)24-7-8-25-19;/h3-6,9-10,21H,2,7-8,11-12H2,1H3,(H,22,23);1H. The highest BCUT2D eigenvalue weighted by Crippen LogP contribution is 2.38. The summed E-state index contributed by atoms with van der Waals surface area (Å²) < 4.78 is 11.1. The second-order valence-corrected chi connectivity index (χ2v) is 6.17. The predicted octanol–water partition coefficient (Wildman–Crippen LogP) is 3.82. The number of ether oxygens (including phenoxy) is 2. The summed E-state index contributed by atoms with van der Waals surface area (Å²) in [5, 5.41) is 6.71. The number of hydrogen-bond donors (Lipinski definition) is 2. The molecule has 1 amide bonds. The van der Waals surface area contributed by atoms with E-state index in [4.69, 9.17) is 21.1 Å². The molecule has 7 heteroatoms. The van der Waals surface area contributed by atoms with Gasteiger partial charge in [0.2, 0.25) is 5.91 Å². The molecule has 0 saturated heterocycles. The third-order valence-electron chi connectivity index (χ3n) is 3.88. The number of halogens is 2. The number of nitrogens with one attached hydrogen (secondary N) is 2. The molecule has 5 nitrogen and oxygen atoms in total. The zero-order valence-electron chi connectivity index (χ0n) is 14.5. The number of para-hydroxylation sites is 1. The summed E-state index contributed by atoms with van der Waals surface area (Å²) in [5.41, 5.74) is 2.66. The van der Waals surface area contributed by atoms with E-state index < -0.39 is 0 Å². The number of rotatable bonds is 6. The van der Waals surface area contributed by atoms with Crippen molar-refractivity contribution in [3.05, 3.63) is 52.5 Å². The van der Waals surface area contributed by atoms with Gasteiger partial charge in [-0.15, -0.1) is 12.4 Å². The molecule has 1 aliphatic rings. The molecule has 0 unspecified atom stereocenters. The second kappa shape index (κ2) is 9.67. The van der Waals surface area contributed by atoms with Crippen molar-refractivity contribution < 1.29 is 14.3 Å². The monoisotopic (exact) mass is 396 g/mol. The van der Waals surface area contributed by atoms with Crippen molar-refractivity contribution in [2.24, 2.45) is 0 Å². The Morgan fingerprint density at radius 2 is 1.96 bits per heavy atom. The molecule has 3 rings (SSSR count). The Bertz CT molecular complexity index is 768. The summed E-state index contributed by atoms with van der Waals surface area (Å²) in [6, 6.07) is 11.3. The molecular formula is C19H22Cl2N2O3. The van der Waals surface area contributed by atoms with Crippen molar-refractivity contribution in [2.45, 2.75) is 19.9 Å². The van der Waals surface area contributed by atoms with Crippen LogP contribution in [0.4, 0.5) is 5.69 Å². The number of fused-ring (bicyclic) bond motifs is 1. The summed E-state index contributed by atoms with van der Waals surface area (Å²) in [6.45, 7) is 4.60. The second-order valence-electron chi connectivity index (χ2n) is 5.76. The van der Waals surface area contributed by atoms with Crippen LogP contribution >= 0.6 is 24.0 Å². The van der Waals surface area contributed by atoms with Crippen LogP contribution in [0.3, 0.4) is 0 Å². The number of carbonyl (C=O) groups excluding carboxylic acids is 1. The number of anilines is 1. The number of carbonyl (C=O) groups is 1. The Hall–Kier alpha value is -1.95. The van der Waals surface area contributed by atoms with Crippen LogP contribution in [-0.4, -0.2) is 25.7 Å². The van der Waals surface area contributed by atoms with E-state index in [9.17, 15) is 4.79 Å². The van der Waals surface area contributed by atoms with Crippen molar-refractivity contribution in [1.29, 1.82) is 0 Å². The van der Waals surface area contributed by atoms with Gasteiger partial charge in [0.1, 0.15) is 13.2 Å². The summed E-state index contributed by atoms with van der Waals surface area (Å²) in [6.07, 6.45) is 0.214. The Labute approximate surface area is 164 Å². The Morgan fingerprint density at radius 3 is 2.77 bits per heavy atom. The smallest absolute Gasteiger partial charge is 0.228 e. The van der Waals surface area contributed by atoms with Gasteiger partial charge in [-0.05, 0) is 35.9 Å². The maximum atomic E-state index is 12.4. The first kappa shape index (κ1) is 20.4. The van der Waals surface area contributed by atoms with Gasteiger partial charge in [0, 0.05) is 12.2 Å². The van der Waals surface area contributed by atoms with Crippen LogP contribution in [0.2, 0.25) is 5.02 Å². The van der Waals surface area contributed by atoms with Crippen molar-refractivity contribution >= 4 is 35.6 Å². The van der Waals surface area contributed by atoms with Gasteiger partial charge in [-0.1, -0.05) is 36.7 Å². The largest absolute Gasteiger partial charge is 0.486 e. The SMILES string of the molecule is CCNCc1ccccc1NC(=O)Cc1cc(Cl)c2c(c1)OCCO2.Cl. The molecule has 0 atom stereocenters. The van der Waals surface area contributed by atoms with E-state index in [0.29, 0.717) is 36.3 Å². The fourth-order valence-corrected chi connectivity index (χ4v) is 2.99. The topological polar surface area (TPSA) is 59.6 Å². The third-order valence-corrected chi connectivity index (χ3v) is 4.16. The summed E-state index contributed by atoms with van der Waals surface area (Å²) in [7, 11) is 0. The van der Waals surface area contributed by atoms with Crippen LogP contribution in [0.15, 0.2) is 36.4 Å². The Morgan fingerprint density at radius 1 is 1.19 bits per heavy atom. The quantitative estimate of drug-likeness (QED) is 0.778. The number of hydrogen-bond acceptors (Lipinski definition) is 4. The first-order valence-electron chi connectivity index (χ1n) is 8.34. The molecule has 0 saturated carbocycles. The lowest BCUT2D eigenvalue weighted by Crippen LogP contribution is -2.19. The van der Waals surface area contributed by atoms with E-state index in [2.05, 4.69) is 10.6 Å². The molecular weight excluding hydrogens is 375 g/mol. The fraction of sp³-hybridized carbons (Fsp3) is 0.316. The lowest BCUT2D eigenvalue weighted by atomic mass is 10.1. The van der Waals surface area contributed by atoms with Crippen LogP contribution in [0.25, 0.3) is 0 Å². The van der Waals surface area contributed by atoms with E-state index >= 15 is 0 Å². The first-order chi connectivity index (χ1) is 12.2. The maximum Gasteiger partial charge on any atom is 0.228 e. The van der Waals surface area contributed by atoms with Crippen molar-refractivity contribution in [3.63, 3.8) is 0 Å². The summed E-state index contributed by atoms with van der Waals surface area (Å²) >= 11 is 6.23. The molecule has 0 aliphatic carbocycles. The molecule has 2 aromatic rings. The maximum absolute atomic E-state index is 12.4. The summed E-state index contributed by atoms with van der Waals surface area (Å²) in [4.78, 5) is 12.4. The highest BCUT2D eigenvalue weighted by Gasteiger charge is 2.18. The number of benzene rings is 2. The first-order valence-corrected chi connectivity index (χ1v) is 8.71. The molecule has 26 heavy (non-hydrogen) atoms. The molecule has 0 fully saturated rings. The van der Waals surface area contributed by atoms with E-state index in [1.54, 1.807) is 6.07 Å². The van der Waals surface area contributed by atoms with Gasteiger partial charge in [0.25, 0.3) is 0 Å². The molecule has 0 radical (unpaired) electrons. The van der Waals surface area contributed by atoms with E-state index in [1.807, 2.05) is 37.3 Å². The van der Waals surface area contributed by atoms with Gasteiger partial charge >= 0.3 is 0 Å². The molecule has 0 bridgehead atoms. The zero-order chi connectivity index (χ0) is 17.6. The van der Waals surface area contributed by atoms with Crippen LogP contribution in [0, 0.1) is 0 Å². The van der Waals surface area contributed by atoms with E-state index in [-0.39, 0.29) is 24.7 Å². The minimum absolute atomic E-state index is 0. The van der Waals surface area contributed by atoms with Crippen LogP contribution in [0.1, 0.15) is 18.1 Å². The van der Waals surface area contributed by atoms with E-state index in [1.165, 1.54) is 0 Å². The van der Waals surface area contributed by atoms with Crippen molar-refractivity contribution in [2.75, 3.05) is 25.1 Å². The van der Waals surface area contributed by atoms with Crippen molar-refractivity contribution in [3.8, 4) is 11.5 Å². The highest BCUT2D eigenvalue weighted by atomic mass is 35.5. The van der Waals surface area contributed by atoms with Crippen molar-refractivity contribution in [1.82, 2.24) is 5.32 Å². The molecule has 2 N–H and O–H groups in total. The van der Waals surface area contributed by atoms with Gasteiger partial charge in [-0.25, -0.2) is 0 Å². The lowest BCUT2D eigenvalue weighted by Gasteiger charge is -2.20. The fourth-order valence-electron chi connectivity index (χ4n) is 2.70. The predicted molar refractivity (Wildman–Crippen MR) is 106 cm³/mol. The van der Waals surface area contributed by atoms with Gasteiger partial charge in [0.05, 0.1) is 11.4 Å². The lowest BCUT2D eigenvalue weighted by molar-refractivity contribution is -0.115. The molecule has 2 aromatic carbocycles. The van der Waals surface area contributed by atoms with Gasteiger partial charge < -0.3 is 20.1 Å². The van der Waals surface area contributed by atoms with Crippen LogP contribution in [0.5, 0.6) is 11.5 Å². The highest BCUT2D eigenvalue weighted by molar-refractivity contribution is 6.32. The van der Waals surface area contributed by atoms with Crippen LogP contribution in [-0.2, 0) is 17.8 Å². The zero-order valence-corrected chi connectivity index (χ0v) is 16.1. The molecule has 140 valence electrons. The number of amides is 1. The van der Waals surface area contributed by atoms with Gasteiger partial charge in [-0.3, -0.25) is 4.79 Å². The Balaban J connectivity index is 0.00000243. The van der Waals surface area contributed by atoms with Gasteiger partial charge in [-0.2, -0.15) is 0 Å². The van der Waals surface area contributed by atoms with Gasteiger partial charge in [0.15, 0.2) is 11.5 Å². The molecule has 1 aliphatic heterocycles. The molecule has 1 heterocycles. The van der Waals surface area contributed by atoms with Crippen LogP contribution < -0.4 is 20.1 Å². The average Bonchev–Trinajstić information content (AvgIpc) is 2.61. The minimum atomic E-state index is -0.100. The average molecular weight is 397 g/mol. The molecule has 0 spiro atoms. The molecule has 0 aromatic heterocycles. The minimum Gasteiger partial charge on any atom is -0.486 e.